The van der Waals surface area contributed by atoms with Gasteiger partial charge in [0, 0.05) is 31.4 Å². The van der Waals surface area contributed by atoms with E-state index in [2.05, 4.69) is 15.6 Å². The van der Waals surface area contributed by atoms with Gasteiger partial charge in [0.25, 0.3) is 5.91 Å². The average Bonchev–Trinajstić information content (AvgIpc) is 3.16. The Hall–Kier alpha value is -2.98. The van der Waals surface area contributed by atoms with E-state index >= 15 is 0 Å². The summed E-state index contributed by atoms with van der Waals surface area (Å²) < 4.78 is 0. The van der Waals surface area contributed by atoms with Crippen LogP contribution in [-0.4, -0.2) is 10.9 Å². The van der Waals surface area contributed by atoms with Crippen molar-refractivity contribution in [1.82, 2.24) is 15.6 Å². The van der Waals surface area contributed by atoms with Gasteiger partial charge in [-0.15, -0.1) is 0 Å². The van der Waals surface area contributed by atoms with E-state index in [1.165, 1.54) is 5.56 Å². The van der Waals surface area contributed by atoms with E-state index in [1.807, 2.05) is 66.9 Å². The fourth-order valence-corrected chi connectivity index (χ4v) is 3.17. The van der Waals surface area contributed by atoms with Crippen LogP contribution in [0.15, 0.2) is 66.9 Å². The number of nitrogens with one attached hydrogen (secondary N) is 2. The lowest BCUT2D eigenvalue weighted by Gasteiger charge is -2.10. The Bertz CT molecular complexity index is 906. The van der Waals surface area contributed by atoms with E-state index in [4.69, 9.17) is 0 Å². The van der Waals surface area contributed by atoms with Crippen molar-refractivity contribution in [2.45, 2.75) is 19.6 Å². The van der Waals surface area contributed by atoms with Crippen LogP contribution < -0.4 is 10.6 Å². The second-order valence-corrected chi connectivity index (χ2v) is 6.14. The number of carbonyl (C=O) groups excluding carboxylic acids is 1. The lowest BCUT2D eigenvalue weighted by molar-refractivity contribution is 0.0951. The summed E-state index contributed by atoms with van der Waals surface area (Å²) in [6.45, 7) is 2.15. The number of aromatic nitrogens is 1. The van der Waals surface area contributed by atoms with Crippen LogP contribution in [0, 0.1) is 0 Å². The molecular weight excluding hydrogens is 310 g/mol. The van der Waals surface area contributed by atoms with Crippen LogP contribution >= 0.6 is 0 Å². The van der Waals surface area contributed by atoms with E-state index in [9.17, 15) is 4.79 Å². The molecule has 2 N–H and O–H groups in total. The molecule has 4 rings (SSSR count). The van der Waals surface area contributed by atoms with E-state index in [-0.39, 0.29) is 5.91 Å². The van der Waals surface area contributed by atoms with Gasteiger partial charge in [0.05, 0.1) is 5.69 Å². The smallest absolute Gasteiger partial charge is 0.251 e. The van der Waals surface area contributed by atoms with Gasteiger partial charge in [-0.1, -0.05) is 42.5 Å². The van der Waals surface area contributed by atoms with Gasteiger partial charge in [0.2, 0.25) is 0 Å². The molecule has 0 fully saturated rings. The molecule has 0 bridgehead atoms. The van der Waals surface area contributed by atoms with Crippen LogP contribution in [-0.2, 0) is 19.6 Å². The van der Waals surface area contributed by atoms with Gasteiger partial charge in [0.15, 0.2) is 0 Å². The van der Waals surface area contributed by atoms with Gasteiger partial charge in [-0.05, 0) is 40.5 Å². The van der Waals surface area contributed by atoms with Crippen molar-refractivity contribution in [3.8, 4) is 11.1 Å². The first-order valence-corrected chi connectivity index (χ1v) is 8.41. The first kappa shape index (κ1) is 15.5. The Kier molecular flexibility index (Phi) is 4.27. The SMILES string of the molecule is O=C(NCc1ccccc1)c1cccc(-c2ccnc3c2CNC3)c1. The van der Waals surface area contributed by atoms with Crippen molar-refractivity contribution in [1.29, 1.82) is 0 Å². The van der Waals surface area contributed by atoms with Gasteiger partial charge in [0.1, 0.15) is 0 Å². The zero-order valence-corrected chi connectivity index (χ0v) is 13.8. The zero-order chi connectivity index (χ0) is 17.1. The van der Waals surface area contributed by atoms with Crippen LogP contribution in [0.4, 0.5) is 0 Å². The summed E-state index contributed by atoms with van der Waals surface area (Å²) in [7, 11) is 0. The summed E-state index contributed by atoms with van der Waals surface area (Å²) in [5.41, 5.74) is 6.28. The minimum absolute atomic E-state index is 0.0606. The predicted molar refractivity (Wildman–Crippen MR) is 97.8 cm³/mol. The molecular formula is C21H19N3O. The van der Waals surface area contributed by atoms with Gasteiger partial charge >= 0.3 is 0 Å². The van der Waals surface area contributed by atoms with Crippen molar-refractivity contribution >= 4 is 5.91 Å². The predicted octanol–water partition coefficient (Wildman–Crippen LogP) is 3.28. The van der Waals surface area contributed by atoms with Crippen molar-refractivity contribution in [3.05, 3.63) is 89.2 Å². The first-order chi connectivity index (χ1) is 12.3. The molecule has 124 valence electrons. The van der Waals surface area contributed by atoms with Crippen molar-refractivity contribution in [2.24, 2.45) is 0 Å². The molecule has 4 nitrogen and oxygen atoms in total. The summed E-state index contributed by atoms with van der Waals surface area (Å²) >= 11 is 0. The molecule has 0 spiro atoms. The second-order valence-electron chi connectivity index (χ2n) is 6.14. The number of nitrogens with zero attached hydrogens (tertiary/aromatic N) is 1. The third-order valence-electron chi connectivity index (χ3n) is 4.47. The minimum atomic E-state index is -0.0606. The molecule has 1 aromatic heterocycles. The van der Waals surface area contributed by atoms with Crippen molar-refractivity contribution in [2.75, 3.05) is 0 Å². The number of fused-ring (bicyclic) bond motifs is 1. The van der Waals surface area contributed by atoms with E-state index in [0.29, 0.717) is 12.1 Å². The molecule has 1 aliphatic rings. The molecule has 1 aliphatic heterocycles. The first-order valence-electron chi connectivity index (χ1n) is 8.41. The standard InChI is InChI=1S/C21H19N3O/c25-21(24-12-15-5-2-1-3-6-15)17-8-4-7-16(11-17)18-9-10-23-20-14-22-13-19(18)20/h1-11,22H,12-14H2,(H,24,25). The fourth-order valence-electron chi connectivity index (χ4n) is 3.17. The maximum absolute atomic E-state index is 12.5. The van der Waals surface area contributed by atoms with Gasteiger partial charge in [-0.2, -0.15) is 0 Å². The van der Waals surface area contributed by atoms with Crippen LogP contribution in [0.1, 0.15) is 27.2 Å². The Morgan fingerprint density at radius 3 is 2.80 bits per heavy atom. The molecule has 0 saturated heterocycles. The number of rotatable bonds is 4. The highest BCUT2D eigenvalue weighted by Gasteiger charge is 2.17. The highest BCUT2D eigenvalue weighted by molar-refractivity contribution is 5.95. The van der Waals surface area contributed by atoms with Crippen LogP contribution in [0.25, 0.3) is 11.1 Å². The third-order valence-corrected chi connectivity index (χ3v) is 4.47. The molecule has 2 aromatic carbocycles. The van der Waals surface area contributed by atoms with Crippen LogP contribution in [0.3, 0.4) is 0 Å². The van der Waals surface area contributed by atoms with E-state index < -0.39 is 0 Å². The van der Waals surface area contributed by atoms with Crippen molar-refractivity contribution < 1.29 is 4.79 Å². The third kappa shape index (κ3) is 3.30. The second kappa shape index (κ2) is 6.87. The van der Waals surface area contributed by atoms with E-state index in [1.54, 1.807) is 0 Å². The minimum Gasteiger partial charge on any atom is -0.348 e. The summed E-state index contributed by atoms with van der Waals surface area (Å²) in [6.07, 6.45) is 1.84. The number of carbonyl (C=O) groups is 1. The monoisotopic (exact) mass is 329 g/mol. The number of amides is 1. The zero-order valence-electron chi connectivity index (χ0n) is 13.8. The largest absolute Gasteiger partial charge is 0.348 e. The van der Waals surface area contributed by atoms with Gasteiger partial charge in [-0.3, -0.25) is 9.78 Å². The highest BCUT2D eigenvalue weighted by atomic mass is 16.1. The Morgan fingerprint density at radius 2 is 1.92 bits per heavy atom. The fraction of sp³-hybridized carbons (Fsp3) is 0.143. The number of hydrogen-bond donors (Lipinski definition) is 2. The normalized spacial score (nSPS) is 12.6. The molecule has 0 atom stereocenters. The highest BCUT2D eigenvalue weighted by Crippen LogP contribution is 2.28. The Labute approximate surface area is 146 Å². The number of pyridine rings is 1. The average molecular weight is 329 g/mol. The quantitative estimate of drug-likeness (QED) is 0.772. The molecule has 3 aromatic rings. The topological polar surface area (TPSA) is 54.0 Å². The van der Waals surface area contributed by atoms with Gasteiger partial charge in [-0.25, -0.2) is 0 Å². The van der Waals surface area contributed by atoms with Gasteiger partial charge < -0.3 is 10.6 Å². The molecule has 25 heavy (non-hydrogen) atoms. The summed E-state index contributed by atoms with van der Waals surface area (Å²) in [4.78, 5) is 16.9. The maximum Gasteiger partial charge on any atom is 0.251 e. The summed E-state index contributed by atoms with van der Waals surface area (Å²) in [5, 5.41) is 6.31. The summed E-state index contributed by atoms with van der Waals surface area (Å²) in [6, 6.07) is 19.7. The molecule has 0 aliphatic carbocycles. The van der Waals surface area contributed by atoms with Crippen molar-refractivity contribution in [3.63, 3.8) is 0 Å². The maximum atomic E-state index is 12.5. The molecule has 0 radical (unpaired) electrons. The summed E-state index contributed by atoms with van der Waals surface area (Å²) in [5.74, 6) is -0.0606. The lowest BCUT2D eigenvalue weighted by Crippen LogP contribution is -2.22. The Morgan fingerprint density at radius 1 is 1.04 bits per heavy atom. The van der Waals surface area contributed by atoms with Crippen LogP contribution in [0.5, 0.6) is 0 Å². The Balaban J connectivity index is 1.56. The van der Waals surface area contributed by atoms with Crippen LogP contribution in [0.2, 0.25) is 0 Å². The van der Waals surface area contributed by atoms with E-state index in [0.717, 1.165) is 35.5 Å². The molecule has 4 heteroatoms. The number of hydrogen-bond acceptors (Lipinski definition) is 3. The molecule has 2 heterocycles. The number of benzene rings is 2. The lowest BCUT2D eigenvalue weighted by atomic mass is 9.98. The molecule has 0 saturated carbocycles. The molecule has 0 unspecified atom stereocenters. The molecule has 1 amide bonds.